The summed E-state index contributed by atoms with van der Waals surface area (Å²) in [6, 6.07) is 3.14. The zero-order valence-electron chi connectivity index (χ0n) is 15.5. The first-order valence-corrected chi connectivity index (χ1v) is 9.43. The van der Waals surface area contributed by atoms with Crippen LogP contribution in [0.2, 0.25) is 0 Å². The van der Waals surface area contributed by atoms with Crippen LogP contribution in [0.15, 0.2) is 21.3 Å². The zero-order valence-corrected chi connectivity index (χ0v) is 15.5. The predicted molar refractivity (Wildman–Crippen MR) is 101 cm³/mol. The fourth-order valence-corrected chi connectivity index (χ4v) is 4.12. The van der Waals surface area contributed by atoms with Crippen LogP contribution in [-0.4, -0.2) is 49.3 Å². The lowest BCUT2D eigenvalue weighted by Crippen LogP contribution is -2.46. The number of piperazine rings is 1. The summed E-state index contributed by atoms with van der Waals surface area (Å²) in [5.74, 6) is 0.670. The normalized spacial score (nSPS) is 19.4. The lowest BCUT2D eigenvalue weighted by molar-refractivity contribution is 0.212. The molecule has 1 saturated heterocycles. The van der Waals surface area contributed by atoms with Crippen molar-refractivity contribution in [3.63, 3.8) is 0 Å². The highest BCUT2D eigenvalue weighted by Crippen LogP contribution is 2.37. The van der Waals surface area contributed by atoms with E-state index in [4.69, 9.17) is 9.15 Å². The molecule has 0 unspecified atom stereocenters. The average Bonchev–Trinajstić information content (AvgIpc) is 3.08. The topological polar surface area (TPSA) is 66.2 Å². The van der Waals surface area contributed by atoms with Crippen molar-refractivity contribution in [1.82, 2.24) is 4.90 Å². The van der Waals surface area contributed by atoms with Gasteiger partial charge in [-0.15, -0.1) is 0 Å². The molecule has 1 aliphatic heterocycles. The molecule has 0 spiro atoms. The number of fused-ring (bicyclic) bond motifs is 1. The highest BCUT2D eigenvalue weighted by Gasteiger charge is 2.25. The highest BCUT2D eigenvalue weighted by atomic mass is 16.5. The number of phenolic OH excluding ortho intramolecular Hbond substituents is 1. The van der Waals surface area contributed by atoms with Crippen LogP contribution in [0, 0.1) is 6.92 Å². The number of anilines is 1. The summed E-state index contributed by atoms with van der Waals surface area (Å²) in [6.45, 7) is 5.37. The Hall–Kier alpha value is -2.21. The smallest absolute Gasteiger partial charge is 0.360 e. The maximum Gasteiger partial charge on any atom is 0.360 e. The molecule has 140 valence electrons. The second-order valence-electron chi connectivity index (χ2n) is 7.49. The molecule has 0 bridgehead atoms. The molecule has 6 nitrogen and oxygen atoms in total. The van der Waals surface area contributed by atoms with Crippen molar-refractivity contribution in [2.75, 3.05) is 38.1 Å². The van der Waals surface area contributed by atoms with Gasteiger partial charge in [0.15, 0.2) is 0 Å². The van der Waals surface area contributed by atoms with Crippen molar-refractivity contribution >= 4 is 16.7 Å². The van der Waals surface area contributed by atoms with E-state index in [0.29, 0.717) is 17.0 Å². The molecular formula is C20H26N2O4. The monoisotopic (exact) mass is 358 g/mol. The SMILES string of the molecule is Cc1c(N2CCN(C)CC2)c(=O)oc2cc(O)cc(OC3CCCC3)c12. The number of benzene rings is 1. The van der Waals surface area contributed by atoms with Gasteiger partial charge in [0.2, 0.25) is 0 Å². The molecule has 0 radical (unpaired) electrons. The first-order chi connectivity index (χ1) is 12.5. The van der Waals surface area contributed by atoms with Gasteiger partial charge in [0, 0.05) is 38.3 Å². The summed E-state index contributed by atoms with van der Waals surface area (Å²) in [6.07, 6.45) is 4.55. The molecule has 0 amide bonds. The minimum atomic E-state index is -0.350. The number of aromatic hydroxyl groups is 1. The Balaban J connectivity index is 1.81. The van der Waals surface area contributed by atoms with Crippen molar-refractivity contribution < 1.29 is 14.3 Å². The van der Waals surface area contributed by atoms with Gasteiger partial charge in [-0.25, -0.2) is 4.79 Å². The molecule has 2 fully saturated rings. The Kier molecular flexibility index (Phi) is 4.53. The fourth-order valence-electron chi connectivity index (χ4n) is 4.12. The maximum absolute atomic E-state index is 12.7. The Morgan fingerprint density at radius 2 is 1.85 bits per heavy atom. The average molecular weight is 358 g/mol. The summed E-state index contributed by atoms with van der Waals surface area (Å²) >= 11 is 0. The van der Waals surface area contributed by atoms with E-state index in [1.807, 2.05) is 6.92 Å². The standard InChI is InChI=1S/C20H26N2O4/c1-13-18-16(25-15-5-3-4-6-15)11-14(23)12-17(18)26-20(24)19(13)22-9-7-21(2)8-10-22/h11-12,15,23H,3-10H2,1-2H3. The number of aryl methyl sites for hydroxylation is 1. The zero-order chi connectivity index (χ0) is 18.3. The molecule has 6 heteroatoms. The van der Waals surface area contributed by atoms with Crippen LogP contribution in [0.25, 0.3) is 11.0 Å². The molecule has 26 heavy (non-hydrogen) atoms. The molecule has 1 N–H and O–H groups in total. The van der Waals surface area contributed by atoms with Gasteiger partial charge < -0.3 is 24.1 Å². The summed E-state index contributed by atoms with van der Waals surface area (Å²) in [7, 11) is 2.09. The third-order valence-electron chi connectivity index (χ3n) is 5.59. The Morgan fingerprint density at radius 3 is 2.54 bits per heavy atom. The number of likely N-dealkylation sites (N-methyl/N-ethyl adjacent to an activating group) is 1. The molecule has 2 aliphatic rings. The molecule has 1 aromatic heterocycles. The van der Waals surface area contributed by atoms with Crippen LogP contribution in [-0.2, 0) is 0 Å². The Labute approximate surface area is 153 Å². The number of rotatable bonds is 3. The molecule has 1 aliphatic carbocycles. The van der Waals surface area contributed by atoms with Crippen molar-refractivity contribution in [2.45, 2.75) is 38.7 Å². The Bertz CT molecular complexity index is 862. The van der Waals surface area contributed by atoms with Gasteiger partial charge in [0.25, 0.3) is 0 Å². The van der Waals surface area contributed by atoms with Crippen LogP contribution in [0.3, 0.4) is 0 Å². The summed E-state index contributed by atoms with van der Waals surface area (Å²) in [5, 5.41) is 10.9. The van der Waals surface area contributed by atoms with Crippen LogP contribution in [0.1, 0.15) is 31.2 Å². The second kappa shape index (κ2) is 6.83. The first kappa shape index (κ1) is 17.2. The van der Waals surface area contributed by atoms with E-state index in [0.717, 1.165) is 50.0 Å². The third kappa shape index (κ3) is 3.14. The van der Waals surface area contributed by atoms with E-state index < -0.39 is 0 Å². The first-order valence-electron chi connectivity index (χ1n) is 9.43. The molecule has 0 atom stereocenters. The largest absolute Gasteiger partial charge is 0.508 e. The van der Waals surface area contributed by atoms with Gasteiger partial charge in [0.1, 0.15) is 22.8 Å². The molecular weight excluding hydrogens is 332 g/mol. The molecule has 1 saturated carbocycles. The van der Waals surface area contributed by atoms with Crippen LogP contribution >= 0.6 is 0 Å². The quantitative estimate of drug-likeness (QED) is 0.851. The number of hydrogen-bond acceptors (Lipinski definition) is 6. The van der Waals surface area contributed by atoms with E-state index in [2.05, 4.69) is 16.8 Å². The lowest BCUT2D eigenvalue weighted by atomic mass is 10.1. The van der Waals surface area contributed by atoms with Gasteiger partial charge in [0.05, 0.1) is 11.5 Å². The number of ether oxygens (including phenoxy) is 1. The fraction of sp³-hybridized carbons (Fsp3) is 0.550. The van der Waals surface area contributed by atoms with Gasteiger partial charge in [-0.1, -0.05) is 0 Å². The molecule has 2 heterocycles. The predicted octanol–water partition coefficient (Wildman–Crippen LogP) is 2.88. The van der Waals surface area contributed by atoms with Crippen molar-refractivity contribution in [3.05, 3.63) is 28.1 Å². The molecule has 1 aromatic carbocycles. The van der Waals surface area contributed by atoms with E-state index >= 15 is 0 Å². The summed E-state index contributed by atoms with van der Waals surface area (Å²) < 4.78 is 11.8. The summed E-state index contributed by atoms with van der Waals surface area (Å²) in [5.41, 5.74) is 1.52. The summed E-state index contributed by atoms with van der Waals surface area (Å²) in [4.78, 5) is 17.0. The number of nitrogens with zero attached hydrogens (tertiary/aromatic N) is 2. The van der Waals surface area contributed by atoms with Gasteiger partial charge in [-0.2, -0.15) is 0 Å². The highest BCUT2D eigenvalue weighted by molar-refractivity contribution is 5.91. The molecule has 2 aromatic rings. The van der Waals surface area contributed by atoms with Gasteiger partial charge in [-0.3, -0.25) is 0 Å². The minimum absolute atomic E-state index is 0.0559. The van der Waals surface area contributed by atoms with E-state index in [1.165, 1.54) is 18.9 Å². The maximum atomic E-state index is 12.7. The second-order valence-corrected chi connectivity index (χ2v) is 7.49. The third-order valence-corrected chi connectivity index (χ3v) is 5.59. The van der Waals surface area contributed by atoms with Crippen LogP contribution in [0.5, 0.6) is 11.5 Å². The van der Waals surface area contributed by atoms with Crippen molar-refractivity contribution in [2.24, 2.45) is 0 Å². The van der Waals surface area contributed by atoms with Crippen molar-refractivity contribution in [3.8, 4) is 11.5 Å². The Morgan fingerprint density at radius 1 is 1.15 bits per heavy atom. The minimum Gasteiger partial charge on any atom is -0.508 e. The van der Waals surface area contributed by atoms with Gasteiger partial charge in [-0.05, 0) is 45.2 Å². The van der Waals surface area contributed by atoms with E-state index in [1.54, 1.807) is 6.07 Å². The van der Waals surface area contributed by atoms with Gasteiger partial charge >= 0.3 is 5.63 Å². The van der Waals surface area contributed by atoms with Crippen LogP contribution in [0.4, 0.5) is 5.69 Å². The van der Waals surface area contributed by atoms with E-state index in [-0.39, 0.29) is 17.5 Å². The van der Waals surface area contributed by atoms with E-state index in [9.17, 15) is 9.90 Å². The lowest BCUT2D eigenvalue weighted by Gasteiger charge is -2.34. The van der Waals surface area contributed by atoms with Crippen molar-refractivity contribution in [1.29, 1.82) is 0 Å². The number of hydrogen-bond donors (Lipinski definition) is 1. The molecule has 4 rings (SSSR count). The van der Waals surface area contributed by atoms with Crippen LogP contribution < -0.4 is 15.3 Å². The number of phenols is 1.